The van der Waals surface area contributed by atoms with Crippen molar-refractivity contribution in [2.24, 2.45) is 0 Å². The number of hydrogen-bond donors (Lipinski definition) is 3. The average Bonchev–Trinajstić information content (AvgIpc) is 3.53. The lowest BCUT2D eigenvalue weighted by atomic mass is 10.1. The molecule has 4 aromatic rings. The molecule has 0 unspecified atom stereocenters. The van der Waals surface area contributed by atoms with E-state index in [2.05, 4.69) is 35.9 Å². The second kappa shape index (κ2) is 8.55. The molecule has 1 aromatic carbocycles. The average molecular weight is 456 g/mol. The maximum atomic E-state index is 13.0. The molecular formula is C22H16N8O2S. The minimum absolute atomic E-state index is 0.0129. The Hall–Kier alpha value is -4.51. The van der Waals surface area contributed by atoms with E-state index in [1.165, 1.54) is 11.0 Å². The van der Waals surface area contributed by atoms with E-state index < -0.39 is 11.8 Å². The molecule has 0 bridgehead atoms. The SMILES string of the molecule is O=C1NC(=S)N(Cc2ccccn2)C(=O)/C1=C\c1ccc(-c2ccc(-c3nnn[nH]3)cc2)[nH]1. The lowest BCUT2D eigenvalue weighted by molar-refractivity contribution is -0.129. The Morgan fingerprint density at radius 1 is 1.00 bits per heavy atom. The predicted octanol–water partition coefficient (Wildman–Crippen LogP) is 2.08. The molecule has 1 saturated heterocycles. The zero-order chi connectivity index (χ0) is 22.8. The van der Waals surface area contributed by atoms with E-state index in [1.54, 1.807) is 24.4 Å². The van der Waals surface area contributed by atoms with Crippen LogP contribution in [0.4, 0.5) is 0 Å². The van der Waals surface area contributed by atoms with Gasteiger partial charge < -0.3 is 4.98 Å². The second-order valence-corrected chi connectivity index (χ2v) is 7.57. The van der Waals surface area contributed by atoms with Crippen LogP contribution in [0.5, 0.6) is 0 Å². The van der Waals surface area contributed by atoms with Gasteiger partial charge in [0.2, 0.25) is 0 Å². The minimum atomic E-state index is -0.538. The number of nitrogens with one attached hydrogen (secondary N) is 3. The van der Waals surface area contributed by atoms with Gasteiger partial charge in [0, 0.05) is 23.1 Å². The van der Waals surface area contributed by atoms with Crippen molar-refractivity contribution >= 4 is 35.2 Å². The van der Waals surface area contributed by atoms with E-state index >= 15 is 0 Å². The van der Waals surface area contributed by atoms with Gasteiger partial charge in [-0.1, -0.05) is 30.3 Å². The molecule has 0 saturated carbocycles. The van der Waals surface area contributed by atoms with Gasteiger partial charge in [-0.15, -0.1) is 5.10 Å². The molecule has 2 amide bonds. The molecular weight excluding hydrogens is 440 g/mol. The van der Waals surface area contributed by atoms with Gasteiger partial charge in [0.25, 0.3) is 11.8 Å². The summed E-state index contributed by atoms with van der Waals surface area (Å²) < 4.78 is 0. The zero-order valence-corrected chi connectivity index (χ0v) is 17.8. The molecule has 1 aliphatic heterocycles. The zero-order valence-electron chi connectivity index (χ0n) is 17.0. The Balaban J connectivity index is 1.38. The van der Waals surface area contributed by atoms with Crippen LogP contribution in [0.3, 0.4) is 0 Å². The van der Waals surface area contributed by atoms with Crippen molar-refractivity contribution in [2.75, 3.05) is 0 Å². The molecule has 11 heteroatoms. The van der Waals surface area contributed by atoms with Crippen LogP contribution in [-0.4, -0.2) is 52.4 Å². The fraction of sp³-hybridized carbons (Fsp3) is 0.0455. The summed E-state index contributed by atoms with van der Waals surface area (Å²) in [5, 5.41) is 16.4. The molecule has 3 N–H and O–H groups in total. The fourth-order valence-corrected chi connectivity index (χ4v) is 3.64. The standard InChI is InChI=1S/C22H16N8O2S/c31-20-17(21(32)30(22(33)25-20)12-16-3-1-2-10-23-16)11-15-8-9-18(24-15)13-4-6-14(7-5-13)19-26-28-29-27-19/h1-11,24H,12H2,(H,25,31,33)(H,26,27,28,29)/b17-11-. The number of amides is 2. The van der Waals surface area contributed by atoms with Crippen molar-refractivity contribution in [3.05, 3.63) is 77.8 Å². The number of aromatic amines is 2. The number of pyridine rings is 1. The molecule has 33 heavy (non-hydrogen) atoms. The molecule has 0 radical (unpaired) electrons. The van der Waals surface area contributed by atoms with Gasteiger partial charge in [0.15, 0.2) is 10.9 Å². The van der Waals surface area contributed by atoms with Crippen molar-refractivity contribution in [2.45, 2.75) is 6.54 Å². The lowest BCUT2D eigenvalue weighted by Gasteiger charge is -2.28. The Kier molecular flexibility index (Phi) is 5.29. The number of aromatic nitrogens is 6. The van der Waals surface area contributed by atoms with Gasteiger partial charge >= 0.3 is 0 Å². The van der Waals surface area contributed by atoms with Crippen molar-refractivity contribution in [3.63, 3.8) is 0 Å². The first kappa shape index (κ1) is 20.4. The summed E-state index contributed by atoms with van der Waals surface area (Å²) in [5.74, 6) is -0.438. The molecule has 0 spiro atoms. The van der Waals surface area contributed by atoms with Crippen molar-refractivity contribution in [1.82, 2.24) is 40.8 Å². The quantitative estimate of drug-likeness (QED) is 0.238. The molecule has 162 valence electrons. The van der Waals surface area contributed by atoms with Crippen LogP contribution in [0.2, 0.25) is 0 Å². The molecule has 10 nitrogen and oxygen atoms in total. The number of nitrogens with zero attached hydrogens (tertiary/aromatic N) is 5. The maximum Gasteiger partial charge on any atom is 0.266 e. The molecule has 1 aliphatic rings. The van der Waals surface area contributed by atoms with Crippen LogP contribution < -0.4 is 5.32 Å². The van der Waals surface area contributed by atoms with E-state index in [9.17, 15) is 9.59 Å². The number of carbonyl (C=O) groups excluding carboxylic acids is 2. The highest BCUT2D eigenvalue weighted by Gasteiger charge is 2.33. The van der Waals surface area contributed by atoms with Crippen molar-refractivity contribution in [3.8, 4) is 22.6 Å². The summed E-state index contributed by atoms with van der Waals surface area (Å²) >= 11 is 5.20. The largest absolute Gasteiger partial charge is 0.355 e. The van der Waals surface area contributed by atoms with Crippen LogP contribution in [0.25, 0.3) is 28.7 Å². The van der Waals surface area contributed by atoms with Gasteiger partial charge in [-0.25, -0.2) is 5.10 Å². The maximum absolute atomic E-state index is 13.0. The van der Waals surface area contributed by atoms with Crippen molar-refractivity contribution in [1.29, 1.82) is 0 Å². The highest BCUT2D eigenvalue weighted by Crippen LogP contribution is 2.24. The molecule has 4 heterocycles. The summed E-state index contributed by atoms with van der Waals surface area (Å²) in [6, 6.07) is 16.7. The minimum Gasteiger partial charge on any atom is -0.355 e. The summed E-state index contributed by atoms with van der Waals surface area (Å²) in [6.45, 7) is 0.166. The van der Waals surface area contributed by atoms with Gasteiger partial charge in [-0.05, 0) is 58.5 Å². The Morgan fingerprint density at radius 3 is 2.55 bits per heavy atom. The number of rotatable bonds is 5. The van der Waals surface area contributed by atoms with E-state index in [4.69, 9.17) is 12.2 Å². The summed E-state index contributed by atoms with van der Waals surface area (Å²) in [7, 11) is 0. The first-order valence-electron chi connectivity index (χ1n) is 9.91. The van der Waals surface area contributed by atoms with Crippen molar-refractivity contribution < 1.29 is 9.59 Å². The first-order chi connectivity index (χ1) is 16.1. The predicted molar refractivity (Wildman–Crippen MR) is 123 cm³/mol. The number of benzene rings is 1. The highest BCUT2D eigenvalue weighted by molar-refractivity contribution is 7.80. The van der Waals surface area contributed by atoms with E-state index in [1.807, 2.05) is 36.4 Å². The first-order valence-corrected chi connectivity index (χ1v) is 10.3. The lowest BCUT2D eigenvalue weighted by Crippen LogP contribution is -2.53. The van der Waals surface area contributed by atoms with E-state index in [0.29, 0.717) is 17.2 Å². The van der Waals surface area contributed by atoms with Gasteiger partial charge in [0.05, 0.1) is 12.2 Å². The second-order valence-electron chi connectivity index (χ2n) is 7.18. The third kappa shape index (κ3) is 4.16. The van der Waals surface area contributed by atoms with Crippen LogP contribution in [0, 0.1) is 0 Å². The topological polar surface area (TPSA) is 133 Å². The number of hydrogen-bond acceptors (Lipinski definition) is 7. The molecule has 0 atom stereocenters. The Labute approximate surface area is 192 Å². The Bertz CT molecular complexity index is 1360. The monoisotopic (exact) mass is 456 g/mol. The number of H-pyrrole nitrogens is 2. The molecule has 0 aliphatic carbocycles. The summed E-state index contributed by atoms with van der Waals surface area (Å²) in [6.07, 6.45) is 3.15. The van der Waals surface area contributed by atoms with Crippen LogP contribution in [0.15, 0.2) is 66.4 Å². The van der Waals surface area contributed by atoms with E-state index in [-0.39, 0.29) is 17.2 Å². The highest BCUT2D eigenvalue weighted by atomic mass is 32.1. The molecule has 3 aromatic heterocycles. The van der Waals surface area contributed by atoms with Crippen LogP contribution in [0.1, 0.15) is 11.4 Å². The van der Waals surface area contributed by atoms with Gasteiger partial charge in [-0.2, -0.15) is 0 Å². The van der Waals surface area contributed by atoms with Gasteiger partial charge in [0.1, 0.15) is 5.57 Å². The summed E-state index contributed by atoms with van der Waals surface area (Å²) in [4.78, 5) is 34.3. The smallest absolute Gasteiger partial charge is 0.266 e. The van der Waals surface area contributed by atoms with E-state index in [0.717, 1.165) is 16.8 Å². The molecule has 5 rings (SSSR count). The van der Waals surface area contributed by atoms with Crippen LogP contribution >= 0.6 is 12.2 Å². The normalized spacial score (nSPS) is 15.2. The summed E-state index contributed by atoms with van der Waals surface area (Å²) in [5.41, 5.74) is 3.86. The van der Waals surface area contributed by atoms with Gasteiger partial charge in [-0.3, -0.25) is 24.8 Å². The number of tetrazole rings is 1. The van der Waals surface area contributed by atoms with Crippen LogP contribution in [-0.2, 0) is 16.1 Å². The third-order valence-electron chi connectivity index (χ3n) is 5.06. The number of carbonyl (C=O) groups is 2. The third-order valence-corrected chi connectivity index (χ3v) is 5.38. The molecule has 1 fully saturated rings. The number of thiocarbonyl (C=S) groups is 1. The fourth-order valence-electron chi connectivity index (χ4n) is 3.40. The Morgan fingerprint density at radius 2 is 1.82 bits per heavy atom.